The molecule has 4 aliphatic carbocycles. The summed E-state index contributed by atoms with van der Waals surface area (Å²) in [6.45, 7) is 4.59. The zero-order chi connectivity index (χ0) is 13.9. The molecule has 0 radical (unpaired) electrons. The molecule has 0 aromatic heterocycles. The van der Waals surface area contributed by atoms with Crippen LogP contribution in [0.4, 0.5) is 0 Å². The van der Waals surface area contributed by atoms with Crippen molar-refractivity contribution in [3.63, 3.8) is 0 Å². The lowest BCUT2D eigenvalue weighted by atomic mass is 9.47. The van der Waals surface area contributed by atoms with Gasteiger partial charge < -0.3 is 5.32 Å². The summed E-state index contributed by atoms with van der Waals surface area (Å²) in [5.41, 5.74) is 4.85. The zero-order valence-electron chi connectivity index (χ0n) is 13.1. The third kappa shape index (κ3) is 1.53. The highest BCUT2D eigenvalue weighted by Crippen LogP contribution is 2.62. The van der Waals surface area contributed by atoms with E-state index in [1.165, 1.54) is 43.2 Å². The van der Waals surface area contributed by atoms with E-state index >= 15 is 0 Å². The second-order valence-electron chi connectivity index (χ2n) is 7.67. The molecule has 108 valence electrons. The molecule has 4 aliphatic rings. The maximum Gasteiger partial charge on any atom is 0.0492 e. The summed E-state index contributed by atoms with van der Waals surface area (Å²) < 4.78 is 0. The van der Waals surface area contributed by atoms with E-state index in [-0.39, 0.29) is 5.54 Å². The van der Waals surface area contributed by atoms with Crippen LogP contribution in [0, 0.1) is 37.5 Å². The number of aryl methyl sites for hydroxylation is 1. The van der Waals surface area contributed by atoms with Crippen molar-refractivity contribution in [3.05, 3.63) is 34.9 Å². The van der Waals surface area contributed by atoms with Crippen LogP contribution in [0.2, 0.25) is 0 Å². The Morgan fingerprint density at radius 2 is 1.55 bits per heavy atom. The van der Waals surface area contributed by atoms with Crippen LogP contribution in [0.1, 0.15) is 48.8 Å². The zero-order valence-corrected chi connectivity index (χ0v) is 13.1. The largest absolute Gasteiger partial charge is 0.310 e. The first-order valence-corrected chi connectivity index (χ1v) is 8.40. The van der Waals surface area contributed by atoms with Gasteiger partial charge >= 0.3 is 0 Å². The molecule has 1 N–H and O–H groups in total. The molecule has 1 heteroatoms. The van der Waals surface area contributed by atoms with Crippen LogP contribution >= 0.6 is 0 Å². The van der Waals surface area contributed by atoms with Gasteiger partial charge in [0.1, 0.15) is 0 Å². The highest BCUT2D eigenvalue weighted by atomic mass is 15.0. The first-order valence-electron chi connectivity index (χ1n) is 8.40. The molecule has 1 nitrogen and oxygen atoms in total. The summed E-state index contributed by atoms with van der Waals surface area (Å²) in [6, 6.07) is 6.93. The standard InChI is InChI=1S/C19H27N/c1-12-5-4-6-18(13(12)2)19(20-3)16-8-14-7-15(10-16)11-17(19)9-14/h4-6,14-17,20H,7-11H2,1-3H3. The molecule has 0 spiro atoms. The van der Waals surface area contributed by atoms with Crippen LogP contribution in [0.15, 0.2) is 18.2 Å². The molecule has 0 heterocycles. The van der Waals surface area contributed by atoms with Crippen LogP contribution < -0.4 is 5.32 Å². The van der Waals surface area contributed by atoms with Crippen molar-refractivity contribution in [3.8, 4) is 0 Å². The van der Waals surface area contributed by atoms with E-state index in [0.29, 0.717) is 0 Å². The molecular weight excluding hydrogens is 242 g/mol. The van der Waals surface area contributed by atoms with Crippen molar-refractivity contribution < 1.29 is 0 Å². The number of hydrogen-bond donors (Lipinski definition) is 1. The SMILES string of the molecule is CNC1(c2cccc(C)c2C)C2CC3CC(C2)CC1C3. The summed E-state index contributed by atoms with van der Waals surface area (Å²) in [5.74, 6) is 3.79. The van der Waals surface area contributed by atoms with Gasteiger partial charge in [0, 0.05) is 5.54 Å². The van der Waals surface area contributed by atoms with Gasteiger partial charge in [-0.3, -0.25) is 0 Å². The Hall–Kier alpha value is -0.820. The second-order valence-corrected chi connectivity index (χ2v) is 7.67. The number of hydrogen-bond acceptors (Lipinski definition) is 1. The predicted octanol–water partition coefficient (Wildman–Crippen LogP) is 4.17. The van der Waals surface area contributed by atoms with Crippen molar-refractivity contribution in [2.45, 2.75) is 51.5 Å². The van der Waals surface area contributed by atoms with E-state index in [1.807, 2.05) is 0 Å². The minimum Gasteiger partial charge on any atom is -0.310 e. The molecule has 0 saturated heterocycles. The summed E-state index contributed by atoms with van der Waals surface area (Å²) in [4.78, 5) is 0. The predicted molar refractivity (Wildman–Crippen MR) is 83.7 cm³/mol. The Morgan fingerprint density at radius 3 is 2.10 bits per heavy atom. The summed E-state index contributed by atoms with van der Waals surface area (Å²) >= 11 is 0. The van der Waals surface area contributed by atoms with E-state index in [2.05, 4.69) is 44.4 Å². The summed E-state index contributed by atoms with van der Waals surface area (Å²) in [5, 5.41) is 3.84. The fraction of sp³-hybridized carbons (Fsp3) is 0.684. The average Bonchev–Trinajstić information content (AvgIpc) is 2.43. The van der Waals surface area contributed by atoms with Gasteiger partial charge in [-0.1, -0.05) is 18.2 Å². The molecule has 5 rings (SSSR count). The molecule has 20 heavy (non-hydrogen) atoms. The van der Waals surface area contributed by atoms with Crippen molar-refractivity contribution in [2.75, 3.05) is 7.05 Å². The monoisotopic (exact) mass is 269 g/mol. The minimum absolute atomic E-state index is 0.267. The van der Waals surface area contributed by atoms with Gasteiger partial charge in [0.05, 0.1) is 0 Å². The summed E-state index contributed by atoms with van der Waals surface area (Å²) in [7, 11) is 2.21. The van der Waals surface area contributed by atoms with Crippen LogP contribution in [0.5, 0.6) is 0 Å². The van der Waals surface area contributed by atoms with Gasteiger partial charge in [-0.05, 0) is 93.4 Å². The topological polar surface area (TPSA) is 12.0 Å². The quantitative estimate of drug-likeness (QED) is 0.849. The van der Waals surface area contributed by atoms with Gasteiger partial charge in [-0.2, -0.15) is 0 Å². The smallest absolute Gasteiger partial charge is 0.0492 e. The van der Waals surface area contributed by atoms with E-state index in [0.717, 1.165) is 23.7 Å². The van der Waals surface area contributed by atoms with Gasteiger partial charge in [0.2, 0.25) is 0 Å². The lowest BCUT2D eigenvalue weighted by molar-refractivity contribution is -0.0747. The normalized spacial score (nSPS) is 42.1. The molecule has 4 saturated carbocycles. The Kier molecular flexibility index (Phi) is 2.79. The Bertz CT molecular complexity index is 503. The van der Waals surface area contributed by atoms with E-state index < -0.39 is 0 Å². The fourth-order valence-electron chi connectivity index (χ4n) is 6.11. The second kappa shape index (κ2) is 4.34. The van der Waals surface area contributed by atoms with Crippen LogP contribution in [-0.4, -0.2) is 7.05 Å². The molecule has 0 atom stereocenters. The number of rotatable bonds is 2. The highest BCUT2D eigenvalue weighted by Gasteiger charge is 2.57. The fourth-order valence-corrected chi connectivity index (χ4v) is 6.11. The first kappa shape index (κ1) is 12.9. The minimum atomic E-state index is 0.267. The number of benzene rings is 1. The molecule has 4 bridgehead atoms. The van der Waals surface area contributed by atoms with Gasteiger partial charge in [-0.25, -0.2) is 0 Å². The van der Waals surface area contributed by atoms with Crippen molar-refractivity contribution >= 4 is 0 Å². The van der Waals surface area contributed by atoms with Crippen molar-refractivity contribution in [2.24, 2.45) is 23.7 Å². The van der Waals surface area contributed by atoms with E-state index in [9.17, 15) is 0 Å². The van der Waals surface area contributed by atoms with E-state index in [1.54, 1.807) is 5.56 Å². The molecule has 1 aromatic rings. The molecule has 0 aliphatic heterocycles. The molecule has 0 amide bonds. The molecular formula is C19H27N. The van der Waals surface area contributed by atoms with Crippen molar-refractivity contribution in [1.29, 1.82) is 0 Å². The van der Waals surface area contributed by atoms with Gasteiger partial charge in [0.15, 0.2) is 0 Å². The van der Waals surface area contributed by atoms with Gasteiger partial charge in [0.25, 0.3) is 0 Å². The maximum absolute atomic E-state index is 3.84. The highest BCUT2D eigenvalue weighted by molar-refractivity contribution is 5.40. The number of nitrogens with one attached hydrogen (secondary N) is 1. The maximum atomic E-state index is 3.84. The Labute approximate surface area is 123 Å². The molecule has 4 fully saturated rings. The third-order valence-corrected chi connectivity index (χ3v) is 6.89. The lowest BCUT2D eigenvalue weighted by Gasteiger charge is -2.62. The Morgan fingerprint density at radius 1 is 0.950 bits per heavy atom. The van der Waals surface area contributed by atoms with Crippen LogP contribution in [0.3, 0.4) is 0 Å². The third-order valence-electron chi connectivity index (χ3n) is 6.89. The van der Waals surface area contributed by atoms with Gasteiger partial charge in [-0.15, -0.1) is 0 Å². The molecule has 0 unspecified atom stereocenters. The summed E-state index contributed by atoms with van der Waals surface area (Å²) in [6.07, 6.45) is 7.37. The van der Waals surface area contributed by atoms with Crippen LogP contribution in [0.25, 0.3) is 0 Å². The Balaban J connectivity index is 1.86. The lowest BCUT2D eigenvalue weighted by Crippen LogP contribution is -2.62. The van der Waals surface area contributed by atoms with Crippen LogP contribution in [-0.2, 0) is 5.54 Å². The molecule has 1 aromatic carbocycles. The van der Waals surface area contributed by atoms with Crippen molar-refractivity contribution in [1.82, 2.24) is 5.32 Å². The average molecular weight is 269 g/mol. The van der Waals surface area contributed by atoms with E-state index in [4.69, 9.17) is 0 Å². The first-order chi connectivity index (χ1) is 9.65.